The molecule has 0 aliphatic carbocycles. The fourth-order valence-electron chi connectivity index (χ4n) is 1.84. The summed E-state index contributed by atoms with van der Waals surface area (Å²) in [7, 11) is 0. The minimum absolute atomic E-state index is 0.115. The Morgan fingerprint density at radius 3 is 2.60 bits per heavy atom. The monoisotopic (exact) mass is 314 g/mol. The minimum atomic E-state index is -4.20. The number of amides is 2. The summed E-state index contributed by atoms with van der Waals surface area (Å²) in [5.74, 6) is -1.73. The Labute approximate surface area is 118 Å². The van der Waals surface area contributed by atoms with Crippen LogP contribution in [-0.2, 0) is 4.79 Å². The molecule has 0 saturated carbocycles. The van der Waals surface area contributed by atoms with Crippen molar-refractivity contribution < 1.29 is 27.9 Å². The summed E-state index contributed by atoms with van der Waals surface area (Å²) in [4.78, 5) is 24.1. The van der Waals surface area contributed by atoms with E-state index >= 15 is 0 Å². The highest BCUT2D eigenvalue weighted by Crippen LogP contribution is 2.29. The van der Waals surface area contributed by atoms with E-state index in [0.717, 1.165) is 0 Å². The van der Waals surface area contributed by atoms with E-state index in [1.54, 1.807) is 6.92 Å². The van der Waals surface area contributed by atoms with Crippen molar-refractivity contribution in [3.63, 3.8) is 0 Å². The van der Waals surface area contributed by atoms with Gasteiger partial charge in [0.05, 0.1) is 11.2 Å². The number of carboxylic acids is 1. The van der Waals surface area contributed by atoms with E-state index in [2.05, 4.69) is 5.32 Å². The Hall–Kier alpha value is -1.12. The number of thioether (sulfide) groups is 1. The molecule has 0 spiro atoms. The van der Waals surface area contributed by atoms with Gasteiger partial charge in [-0.05, 0) is 13.3 Å². The van der Waals surface area contributed by atoms with Crippen LogP contribution in [0.4, 0.5) is 18.0 Å². The Morgan fingerprint density at radius 1 is 1.45 bits per heavy atom. The van der Waals surface area contributed by atoms with E-state index in [1.165, 1.54) is 4.90 Å². The highest BCUT2D eigenvalue weighted by atomic mass is 32.2. The van der Waals surface area contributed by atoms with E-state index in [0.29, 0.717) is 24.7 Å². The molecule has 1 aliphatic heterocycles. The van der Waals surface area contributed by atoms with Crippen LogP contribution in [-0.4, -0.2) is 59.3 Å². The molecule has 0 aromatic rings. The first-order valence-corrected chi connectivity index (χ1v) is 7.20. The molecular formula is C11H17F3N2O3S. The van der Waals surface area contributed by atoms with E-state index < -0.39 is 29.3 Å². The number of carboxylic acid groups (broad SMARTS) is 1. The van der Waals surface area contributed by atoms with Crippen molar-refractivity contribution in [2.75, 3.05) is 31.1 Å². The third kappa shape index (κ3) is 5.10. The predicted molar refractivity (Wildman–Crippen MR) is 68.7 cm³/mol. The van der Waals surface area contributed by atoms with Crippen LogP contribution in [0.5, 0.6) is 0 Å². The SMILES string of the molecule is CC1(C(=O)O)CCN(C(=O)NCCSCC(F)(F)F)C1. The van der Waals surface area contributed by atoms with Gasteiger partial charge in [0, 0.05) is 25.4 Å². The summed E-state index contributed by atoms with van der Waals surface area (Å²) < 4.78 is 35.6. The van der Waals surface area contributed by atoms with Crippen LogP contribution in [0.2, 0.25) is 0 Å². The van der Waals surface area contributed by atoms with E-state index in [1.807, 2.05) is 0 Å². The van der Waals surface area contributed by atoms with Crippen molar-refractivity contribution in [2.45, 2.75) is 19.5 Å². The first kappa shape index (κ1) is 16.9. The number of carbonyl (C=O) groups excluding carboxylic acids is 1. The van der Waals surface area contributed by atoms with Crippen molar-refractivity contribution in [3.05, 3.63) is 0 Å². The second-order valence-electron chi connectivity index (χ2n) is 4.94. The summed E-state index contributed by atoms with van der Waals surface area (Å²) in [5, 5.41) is 11.5. The number of aliphatic carboxylic acids is 1. The van der Waals surface area contributed by atoms with Crippen LogP contribution < -0.4 is 5.32 Å². The van der Waals surface area contributed by atoms with Crippen LogP contribution >= 0.6 is 11.8 Å². The van der Waals surface area contributed by atoms with Gasteiger partial charge >= 0.3 is 18.2 Å². The maximum atomic E-state index is 11.9. The summed E-state index contributed by atoms with van der Waals surface area (Å²) >= 11 is 0.697. The van der Waals surface area contributed by atoms with Gasteiger partial charge < -0.3 is 15.3 Å². The number of carbonyl (C=O) groups is 2. The minimum Gasteiger partial charge on any atom is -0.481 e. The van der Waals surface area contributed by atoms with Gasteiger partial charge in [-0.2, -0.15) is 24.9 Å². The molecule has 2 amide bonds. The van der Waals surface area contributed by atoms with Gasteiger partial charge in [0.2, 0.25) is 0 Å². The van der Waals surface area contributed by atoms with E-state index in [4.69, 9.17) is 5.11 Å². The third-order valence-corrected chi connectivity index (χ3v) is 4.09. The molecule has 116 valence electrons. The zero-order chi connectivity index (χ0) is 15.4. The van der Waals surface area contributed by atoms with Gasteiger partial charge in [0.15, 0.2) is 0 Å². The Bertz CT molecular complexity index is 378. The van der Waals surface area contributed by atoms with E-state index in [9.17, 15) is 22.8 Å². The number of hydrogen-bond acceptors (Lipinski definition) is 3. The molecule has 1 fully saturated rings. The van der Waals surface area contributed by atoms with Crippen LogP contribution in [0.15, 0.2) is 0 Å². The largest absolute Gasteiger partial charge is 0.481 e. The lowest BCUT2D eigenvalue weighted by Gasteiger charge is -2.20. The van der Waals surface area contributed by atoms with Crippen molar-refractivity contribution in [1.82, 2.24) is 10.2 Å². The van der Waals surface area contributed by atoms with Gasteiger partial charge in [-0.1, -0.05) is 0 Å². The number of nitrogens with zero attached hydrogens (tertiary/aromatic N) is 1. The zero-order valence-corrected chi connectivity index (χ0v) is 11.8. The van der Waals surface area contributed by atoms with Crippen molar-refractivity contribution in [1.29, 1.82) is 0 Å². The molecule has 20 heavy (non-hydrogen) atoms. The number of nitrogens with one attached hydrogen (secondary N) is 1. The predicted octanol–water partition coefficient (Wildman–Crippen LogP) is 1.79. The van der Waals surface area contributed by atoms with Crippen molar-refractivity contribution in [3.8, 4) is 0 Å². The first-order valence-electron chi connectivity index (χ1n) is 6.05. The molecule has 2 N–H and O–H groups in total. The highest BCUT2D eigenvalue weighted by Gasteiger charge is 2.42. The van der Waals surface area contributed by atoms with Gasteiger partial charge in [0.1, 0.15) is 0 Å². The fourth-order valence-corrected chi connectivity index (χ4v) is 2.46. The lowest BCUT2D eigenvalue weighted by Crippen LogP contribution is -2.41. The summed E-state index contributed by atoms with van der Waals surface area (Å²) in [6, 6.07) is -0.428. The highest BCUT2D eigenvalue weighted by molar-refractivity contribution is 7.99. The standard InChI is InChI=1S/C11H17F3N2O3S/c1-10(8(17)18)2-4-16(6-10)9(19)15-3-5-20-7-11(12,13)14/h2-7H2,1H3,(H,15,19)(H,17,18). The van der Waals surface area contributed by atoms with Crippen LogP contribution in [0.25, 0.3) is 0 Å². The third-order valence-electron chi connectivity index (χ3n) is 3.07. The molecule has 0 aromatic carbocycles. The lowest BCUT2D eigenvalue weighted by molar-refractivity contribution is -0.147. The van der Waals surface area contributed by atoms with Crippen LogP contribution in [0.3, 0.4) is 0 Å². The first-order chi connectivity index (χ1) is 9.14. The number of alkyl halides is 3. The Balaban J connectivity index is 2.23. The molecule has 1 unspecified atom stereocenters. The molecule has 9 heteroatoms. The second-order valence-corrected chi connectivity index (χ2v) is 6.04. The normalized spacial score (nSPS) is 22.9. The molecule has 5 nitrogen and oxygen atoms in total. The van der Waals surface area contributed by atoms with Gasteiger partial charge in [-0.3, -0.25) is 4.79 Å². The summed E-state index contributed by atoms with van der Waals surface area (Å²) in [6.45, 7) is 2.15. The molecule has 0 bridgehead atoms. The smallest absolute Gasteiger partial charge is 0.397 e. The number of hydrogen-bond donors (Lipinski definition) is 2. The number of likely N-dealkylation sites (tertiary alicyclic amines) is 1. The van der Waals surface area contributed by atoms with Crippen LogP contribution in [0, 0.1) is 5.41 Å². The molecule has 1 saturated heterocycles. The van der Waals surface area contributed by atoms with Gasteiger partial charge in [0.25, 0.3) is 0 Å². The molecule has 0 aromatic heterocycles. The summed E-state index contributed by atoms with van der Waals surface area (Å²) in [6.07, 6.45) is -3.83. The Morgan fingerprint density at radius 2 is 2.10 bits per heavy atom. The lowest BCUT2D eigenvalue weighted by atomic mass is 9.90. The maximum Gasteiger partial charge on any atom is 0.397 e. The molecule has 0 radical (unpaired) electrons. The quantitative estimate of drug-likeness (QED) is 0.759. The molecule has 1 heterocycles. The topological polar surface area (TPSA) is 69.6 Å². The molecule has 1 aliphatic rings. The maximum absolute atomic E-state index is 11.9. The average molecular weight is 314 g/mol. The number of halogens is 3. The number of rotatable bonds is 5. The van der Waals surface area contributed by atoms with Gasteiger partial charge in [-0.25, -0.2) is 4.79 Å². The van der Waals surface area contributed by atoms with Crippen LogP contribution in [0.1, 0.15) is 13.3 Å². The summed E-state index contributed by atoms with van der Waals surface area (Å²) in [5.41, 5.74) is -0.942. The average Bonchev–Trinajstić information content (AvgIpc) is 2.71. The fraction of sp³-hybridized carbons (Fsp3) is 0.818. The second kappa shape index (κ2) is 6.55. The van der Waals surface area contributed by atoms with E-state index in [-0.39, 0.29) is 18.8 Å². The van der Waals surface area contributed by atoms with Crippen molar-refractivity contribution in [2.24, 2.45) is 5.41 Å². The van der Waals surface area contributed by atoms with Gasteiger partial charge in [-0.15, -0.1) is 0 Å². The number of urea groups is 1. The molecule has 1 atom stereocenters. The molecular weight excluding hydrogens is 297 g/mol. The zero-order valence-electron chi connectivity index (χ0n) is 11.0. The van der Waals surface area contributed by atoms with Crippen molar-refractivity contribution >= 4 is 23.8 Å². The Kier molecular flexibility index (Phi) is 5.55. The molecule has 1 rings (SSSR count).